The molecule has 0 saturated carbocycles. The Balaban J connectivity index is 1.61. The summed E-state index contributed by atoms with van der Waals surface area (Å²) in [5.74, 6) is -0.251. The van der Waals surface area contributed by atoms with Gasteiger partial charge in [-0.25, -0.2) is 4.99 Å². The largest absolute Gasteiger partial charge is 0.504 e. The minimum absolute atomic E-state index is 0.0109. The Morgan fingerprint density at radius 1 is 1.38 bits per heavy atom. The molecule has 4 rings (SSSR count). The maximum Gasteiger partial charge on any atom is 0.274 e. The van der Waals surface area contributed by atoms with Crippen molar-refractivity contribution in [3.63, 3.8) is 0 Å². The number of non-ortho nitro benzene ring substituents is 1. The molecule has 0 radical (unpaired) electrons. The number of phenolic OH excluding ortho intramolecular Hbond substituents is 1. The molecule has 32 heavy (non-hydrogen) atoms. The monoisotopic (exact) mass is 448 g/mol. The number of phenols is 1. The van der Waals surface area contributed by atoms with Gasteiger partial charge in [-0.2, -0.15) is 5.26 Å². The van der Waals surface area contributed by atoms with Crippen LogP contribution in [0, 0.1) is 21.4 Å². The fraction of sp³-hybridized carbons (Fsp3) is 0.217. The maximum absolute atomic E-state index is 11.2. The molecule has 0 amide bonds. The van der Waals surface area contributed by atoms with Crippen molar-refractivity contribution in [3.05, 3.63) is 79.7 Å². The molecule has 0 fully saturated rings. The quantitative estimate of drug-likeness (QED) is 0.336. The Hall–Kier alpha value is -3.74. The van der Waals surface area contributed by atoms with Crippen molar-refractivity contribution in [2.24, 2.45) is 4.99 Å². The van der Waals surface area contributed by atoms with Crippen LogP contribution in [0.5, 0.6) is 11.5 Å². The van der Waals surface area contributed by atoms with Crippen LogP contribution >= 0.6 is 11.3 Å². The van der Waals surface area contributed by atoms with Gasteiger partial charge in [-0.1, -0.05) is 30.3 Å². The highest BCUT2D eigenvalue weighted by Gasteiger charge is 2.24. The van der Waals surface area contributed by atoms with Crippen molar-refractivity contribution in [1.82, 2.24) is 4.90 Å². The van der Waals surface area contributed by atoms with Crippen LogP contribution in [0.15, 0.2) is 47.5 Å². The average molecular weight is 449 g/mol. The minimum Gasteiger partial charge on any atom is -0.504 e. The minimum atomic E-state index is -0.564. The molecule has 2 heterocycles. The lowest BCUT2D eigenvalue weighted by molar-refractivity contribution is -0.385. The second-order valence-electron chi connectivity index (χ2n) is 7.34. The first-order valence-electron chi connectivity index (χ1n) is 9.90. The summed E-state index contributed by atoms with van der Waals surface area (Å²) in [6, 6.07) is 14.9. The lowest BCUT2D eigenvalue weighted by Crippen LogP contribution is -2.29. The summed E-state index contributed by atoms with van der Waals surface area (Å²) in [7, 11) is 1.32. The van der Waals surface area contributed by atoms with Gasteiger partial charge in [0.25, 0.3) is 5.69 Å². The van der Waals surface area contributed by atoms with Gasteiger partial charge in [-0.3, -0.25) is 15.0 Å². The van der Waals surface area contributed by atoms with E-state index < -0.39 is 4.92 Å². The Kier molecular flexibility index (Phi) is 6.16. The number of nitrogens with zero attached hydrogens (tertiary/aromatic N) is 4. The van der Waals surface area contributed by atoms with E-state index in [0.717, 1.165) is 42.6 Å². The van der Waals surface area contributed by atoms with E-state index in [2.05, 4.69) is 28.1 Å². The number of aromatic hydroxyl groups is 1. The SMILES string of the molecule is COc1cc([N+](=O)[O-])cc(/C=N/c2sc3c(c2C#N)CCN(Cc2ccccc2)C3)c1O. The first-order valence-corrected chi connectivity index (χ1v) is 10.7. The molecule has 0 spiro atoms. The number of ether oxygens (including phenoxy) is 1. The van der Waals surface area contributed by atoms with Gasteiger partial charge >= 0.3 is 0 Å². The fourth-order valence-corrected chi connectivity index (χ4v) is 4.91. The maximum atomic E-state index is 11.2. The van der Waals surface area contributed by atoms with Gasteiger partial charge in [0.2, 0.25) is 0 Å². The molecular formula is C23H20N4O4S. The molecule has 3 aromatic rings. The number of nitro groups is 1. The molecule has 0 unspecified atom stereocenters. The topological polar surface area (TPSA) is 112 Å². The summed E-state index contributed by atoms with van der Waals surface area (Å²) in [5.41, 5.74) is 2.70. The van der Waals surface area contributed by atoms with Crippen LogP contribution in [0.3, 0.4) is 0 Å². The van der Waals surface area contributed by atoms with Gasteiger partial charge in [0.1, 0.15) is 11.1 Å². The zero-order valence-corrected chi connectivity index (χ0v) is 18.1. The first kappa shape index (κ1) is 21.5. The van der Waals surface area contributed by atoms with Crippen molar-refractivity contribution < 1.29 is 14.8 Å². The van der Waals surface area contributed by atoms with Crippen molar-refractivity contribution in [2.45, 2.75) is 19.5 Å². The van der Waals surface area contributed by atoms with E-state index in [1.165, 1.54) is 36.3 Å². The summed E-state index contributed by atoms with van der Waals surface area (Å²) < 4.78 is 5.03. The molecule has 0 saturated heterocycles. The third kappa shape index (κ3) is 4.32. The Morgan fingerprint density at radius 2 is 2.16 bits per heavy atom. The smallest absolute Gasteiger partial charge is 0.274 e. The second-order valence-corrected chi connectivity index (χ2v) is 8.43. The second kappa shape index (κ2) is 9.18. The van der Waals surface area contributed by atoms with Gasteiger partial charge < -0.3 is 9.84 Å². The lowest BCUT2D eigenvalue weighted by Gasteiger charge is -2.26. The van der Waals surface area contributed by atoms with E-state index in [0.29, 0.717) is 10.6 Å². The number of aliphatic imine (C=N–C) groups is 1. The van der Waals surface area contributed by atoms with Crippen LogP contribution in [-0.2, 0) is 19.5 Å². The lowest BCUT2D eigenvalue weighted by atomic mass is 10.0. The molecular weight excluding hydrogens is 428 g/mol. The number of nitro benzene ring substituents is 1. The fourth-order valence-electron chi connectivity index (χ4n) is 3.73. The van der Waals surface area contributed by atoms with Crippen LogP contribution < -0.4 is 4.74 Å². The summed E-state index contributed by atoms with van der Waals surface area (Å²) in [6.07, 6.45) is 2.09. The summed E-state index contributed by atoms with van der Waals surface area (Å²) in [6.45, 7) is 2.41. The van der Waals surface area contributed by atoms with Gasteiger partial charge in [0.15, 0.2) is 11.5 Å². The standard InChI is InChI=1S/C23H20N4O4S/c1-31-20-10-17(27(29)30)9-16(22(20)28)12-25-23-19(11-24)18-7-8-26(14-21(18)32-23)13-15-5-3-2-4-6-15/h2-6,9-10,12,28H,7-8,13-14H2,1H3/b25-12+. The van der Waals surface area contributed by atoms with Crippen LogP contribution in [0.4, 0.5) is 10.7 Å². The normalized spacial score (nSPS) is 13.6. The first-order chi connectivity index (χ1) is 15.5. The number of nitriles is 1. The third-order valence-electron chi connectivity index (χ3n) is 5.32. The molecule has 9 heteroatoms. The number of benzene rings is 2. The number of hydrogen-bond acceptors (Lipinski definition) is 8. The molecule has 1 aromatic heterocycles. The Bertz CT molecular complexity index is 1230. The molecule has 2 aromatic carbocycles. The molecule has 1 N–H and O–H groups in total. The van der Waals surface area contributed by atoms with E-state index in [-0.39, 0.29) is 22.7 Å². The van der Waals surface area contributed by atoms with Gasteiger partial charge in [0.05, 0.1) is 23.7 Å². The molecule has 1 aliphatic rings. The third-order valence-corrected chi connectivity index (χ3v) is 6.44. The van der Waals surface area contributed by atoms with Crippen LogP contribution in [0.25, 0.3) is 0 Å². The highest BCUT2D eigenvalue weighted by atomic mass is 32.1. The van der Waals surface area contributed by atoms with Crippen LogP contribution in [0.2, 0.25) is 0 Å². The average Bonchev–Trinajstić information content (AvgIpc) is 3.15. The summed E-state index contributed by atoms with van der Waals surface area (Å²) in [4.78, 5) is 18.5. The Labute approximate surface area is 188 Å². The molecule has 162 valence electrons. The number of hydrogen-bond donors (Lipinski definition) is 1. The van der Waals surface area contributed by atoms with E-state index in [9.17, 15) is 20.5 Å². The van der Waals surface area contributed by atoms with Crippen molar-refractivity contribution in [3.8, 4) is 17.6 Å². The van der Waals surface area contributed by atoms with Crippen LogP contribution in [0.1, 0.15) is 27.1 Å². The summed E-state index contributed by atoms with van der Waals surface area (Å²) >= 11 is 1.44. The van der Waals surface area contributed by atoms with Gasteiger partial charge in [0, 0.05) is 42.4 Å². The van der Waals surface area contributed by atoms with Gasteiger partial charge in [-0.15, -0.1) is 11.3 Å². The predicted octanol–water partition coefficient (Wildman–Crippen LogP) is 4.55. The number of methoxy groups -OCH3 is 1. The van der Waals surface area contributed by atoms with Crippen molar-refractivity contribution >= 4 is 28.2 Å². The van der Waals surface area contributed by atoms with Gasteiger partial charge in [-0.05, 0) is 17.5 Å². The Morgan fingerprint density at radius 3 is 2.84 bits per heavy atom. The van der Waals surface area contributed by atoms with E-state index in [1.54, 1.807) is 0 Å². The van der Waals surface area contributed by atoms with Crippen molar-refractivity contribution in [2.75, 3.05) is 13.7 Å². The zero-order valence-electron chi connectivity index (χ0n) is 17.3. The number of fused-ring (bicyclic) bond motifs is 1. The molecule has 1 aliphatic heterocycles. The highest BCUT2D eigenvalue weighted by molar-refractivity contribution is 7.16. The zero-order chi connectivity index (χ0) is 22.7. The van der Waals surface area contributed by atoms with E-state index in [1.807, 2.05) is 18.2 Å². The number of rotatable bonds is 6. The highest BCUT2D eigenvalue weighted by Crippen LogP contribution is 2.39. The van der Waals surface area contributed by atoms with E-state index in [4.69, 9.17) is 4.74 Å². The predicted molar refractivity (Wildman–Crippen MR) is 122 cm³/mol. The molecule has 0 aliphatic carbocycles. The van der Waals surface area contributed by atoms with Crippen LogP contribution in [-0.4, -0.2) is 34.8 Å². The molecule has 8 nitrogen and oxygen atoms in total. The molecule has 0 bridgehead atoms. The molecule has 0 atom stereocenters. The van der Waals surface area contributed by atoms with Crippen molar-refractivity contribution in [1.29, 1.82) is 5.26 Å². The van der Waals surface area contributed by atoms with E-state index >= 15 is 0 Å². The number of thiophene rings is 1. The summed E-state index contributed by atoms with van der Waals surface area (Å²) in [5, 5.41) is 31.8.